The van der Waals surface area contributed by atoms with Gasteiger partial charge in [-0.1, -0.05) is 0 Å². The number of amides is 3. The van der Waals surface area contributed by atoms with Crippen molar-refractivity contribution in [1.29, 1.82) is 0 Å². The second kappa shape index (κ2) is 4.85. The average molecular weight is 312 g/mol. The first-order valence-corrected chi connectivity index (χ1v) is 6.84. The van der Waals surface area contributed by atoms with E-state index in [-0.39, 0.29) is 30.9 Å². The molecular formula is C13H14F2N4O3. The van der Waals surface area contributed by atoms with Gasteiger partial charge in [0.05, 0.1) is 0 Å². The van der Waals surface area contributed by atoms with Crippen molar-refractivity contribution in [2.45, 2.75) is 37.3 Å². The van der Waals surface area contributed by atoms with Crippen LogP contribution in [0, 0.1) is 0 Å². The standard InChI is InChI=1S/C13H14F2N4O3/c1-18-10(20)3-2-8(12(18)22)16-11(21)7-4-5-19(17-7)9-6-13(9,14)15/h4-5,8-9H,2-3,6H2,1H3,(H,16,21). The summed E-state index contributed by atoms with van der Waals surface area (Å²) in [4.78, 5) is 36.2. The molecule has 2 fully saturated rings. The molecule has 22 heavy (non-hydrogen) atoms. The van der Waals surface area contributed by atoms with Gasteiger partial charge in [0, 0.05) is 26.1 Å². The Hall–Kier alpha value is -2.32. The van der Waals surface area contributed by atoms with Crippen LogP contribution in [0.5, 0.6) is 0 Å². The number of rotatable bonds is 3. The van der Waals surface area contributed by atoms with Crippen LogP contribution in [0.1, 0.15) is 35.8 Å². The van der Waals surface area contributed by atoms with Gasteiger partial charge in [0.1, 0.15) is 17.8 Å². The summed E-state index contributed by atoms with van der Waals surface area (Å²) in [6.07, 6.45) is 1.41. The summed E-state index contributed by atoms with van der Waals surface area (Å²) < 4.78 is 27.0. The normalized spacial score (nSPS) is 27.0. The number of carbonyl (C=O) groups excluding carboxylic acids is 3. The van der Waals surface area contributed by atoms with Crippen LogP contribution in [-0.4, -0.2) is 51.4 Å². The van der Waals surface area contributed by atoms with Gasteiger partial charge in [0.15, 0.2) is 0 Å². The number of halogens is 2. The van der Waals surface area contributed by atoms with Crippen LogP contribution in [0.15, 0.2) is 12.3 Å². The minimum Gasteiger partial charge on any atom is -0.339 e. The SMILES string of the molecule is CN1C(=O)CCC(NC(=O)c2ccn(C3CC3(F)F)n2)C1=O. The van der Waals surface area contributed by atoms with Crippen molar-refractivity contribution in [3.63, 3.8) is 0 Å². The molecule has 0 radical (unpaired) electrons. The first-order valence-electron chi connectivity index (χ1n) is 6.84. The maximum atomic E-state index is 13.0. The number of likely N-dealkylation sites (N-methyl/N-ethyl adjacent to an activating group) is 1. The maximum Gasteiger partial charge on any atom is 0.272 e. The maximum absolute atomic E-state index is 13.0. The molecule has 3 amide bonds. The van der Waals surface area contributed by atoms with Crippen LogP contribution in [0.4, 0.5) is 8.78 Å². The van der Waals surface area contributed by atoms with E-state index in [0.717, 1.165) is 9.58 Å². The Morgan fingerprint density at radius 1 is 1.45 bits per heavy atom. The first kappa shape index (κ1) is 14.6. The number of piperidine rings is 1. The largest absolute Gasteiger partial charge is 0.339 e. The molecule has 9 heteroatoms. The third-order valence-electron chi connectivity index (χ3n) is 3.91. The number of nitrogens with zero attached hydrogens (tertiary/aromatic N) is 3. The third kappa shape index (κ3) is 2.46. The average Bonchev–Trinajstić information content (AvgIpc) is 2.90. The van der Waals surface area contributed by atoms with Gasteiger partial charge in [-0.25, -0.2) is 8.78 Å². The number of hydrogen-bond donors (Lipinski definition) is 1. The Balaban J connectivity index is 1.65. The van der Waals surface area contributed by atoms with E-state index in [9.17, 15) is 23.2 Å². The van der Waals surface area contributed by atoms with Gasteiger partial charge in [-0.15, -0.1) is 0 Å². The van der Waals surface area contributed by atoms with Crippen molar-refractivity contribution < 1.29 is 23.2 Å². The fourth-order valence-corrected chi connectivity index (χ4v) is 2.40. The van der Waals surface area contributed by atoms with Gasteiger partial charge in [-0.05, 0) is 12.5 Å². The van der Waals surface area contributed by atoms with Crippen LogP contribution in [0.2, 0.25) is 0 Å². The molecule has 1 aromatic rings. The Labute approximate surface area is 124 Å². The van der Waals surface area contributed by atoms with Gasteiger partial charge >= 0.3 is 0 Å². The molecule has 1 aliphatic heterocycles. The summed E-state index contributed by atoms with van der Waals surface area (Å²) in [7, 11) is 1.35. The predicted octanol–water partition coefficient (Wildman–Crippen LogP) is 0.340. The van der Waals surface area contributed by atoms with Gasteiger partial charge in [-0.2, -0.15) is 5.10 Å². The number of carbonyl (C=O) groups is 3. The minimum atomic E-state index is -2.78. The van der Waals surface area contributed by atoms with Crippen molar-refractivity contribution in [2.75, 3.05) is 7.05 Å². The number of imide groups is 1. The molecule has 2 aliphatic rings. The number of likely N-dealkylation sites (tertiary alicyclic amines) is 1. The summed E-state index contributed by atoms with van der Waals surface area (Å²) in [5.41, 5.74) is -0.0324. The number of alkyl halides is 2. The van der Waals surface area contributed by atoms with Crippen LogP contribution in [-0.2, 0) is 9.59 Å². The molecular weight excluding hydrogens is 298 g/mol. The first-order chi connectivity index (χ1) is 10.3. The lowest BCUT2D eigenvalue weighted by Crippen LogP contribution is -2.53. The molecule has 1 aromatic heterocycles. The lowest BCUT2D eigenvalue weighted by atomic mass is 10.0. The molecule has 118 valence electrons. The van der Waals surface area contributed by atoms with E-state index < -0.39 is 29.8 Å². The molecule has 0 spiro atoms. The van der Waals surface area contributed by atoms with Crippen molar-refractivity contribution in [3.8, 4) is 0 Å². The molecule has 0 bridgehead atoms. The van der Waals surface area contributed by atoms with E-state index in [1.807, 2.05) is 0 Å². The Morgan fingerprint density at radius 2 is 2.14 bits per heavy atom. The second-order valence-electron chi connectivity index (χ2n) is 5.52. The third-order valence-corrected chi connectivity index (χ3v) is 3.91. The van der Waals surface area contributed by atoms with Gasteiger partial charge in [0.2, 0.25) is 5.91 Å². The highest BCUT2D eigenvalue weighted by Gasteiger charge is 2.59. The minimum absolute atomic E-state index is 0.0324. The molecule has 2 heterocycles. The van der Waals surface area contributed by atoms with Crippen molar-refractivity contribution >= 4 is 17.7 Å². The molecule has 7 nitrogen and oxygen atoms in total. The summed E-state index contributed by atoms with van der Waals surface area (Å²) >= 11 is 0. The topological polar surface area (TPSA) is 84.3 Å². The van der Waals surface area contributed by atoms with E-state index in [1.165, 1.54) is 19.3 Å². The van der Waals surface area contributed by atoms with Gasteiger partial charge in [0.25, 0.3) is 17.7 Å². The van der Waals surface area contributed by atoms with Crippen LogP contribution in [0.25, 0.3) is 0 Å². The summed E-state index contributed by atoms with van der Waals surface area (Å²) in [6, 6.07) is -0.483. The number of aromatic nitrogens is 2. The summed E-state index contributed by atoms with van der Waals surface area (Å²) in [5.74, 6) is -4.18. The zero-order valence-electron chi connectivity index (χ0n) is 11.8. The molecule has 1 saturated heterocycles. The van der Waals surface area contributed by atoms with Gasteiger partial charge < -0.3 is 5.32 Å². The summed E-state index contributed by atoms with van der Waals surface area (Å²) in [5, 5.41) is 6.31. The molecule has 2 unspecified atom stereocenters. The predicted molar refractivity (Wildman–Crippen MR) is 69.1 cm³/mol. The quantitative estimate of drug-likeness (QED) is 0.816. The summed E-state index contributed by atoms with van der Waals surface area (Å²) in [6.45, 7) is 0. The fourth-order valence-electron chi connectivity index (χ4n) is 2.40. The van der Waals surface area contributed by atoms with E-state index in [4.69, 9.17) is 0 Å². The van der Waals surface area contributed by atoms with Gasteiger partial charge in [-0.3, -0.25) is 24.0 Å². The lowest BCUT2D eigenvalue weighted by molar-refractivity contribution is -0.147. The molecule has 1 aliphatic carbocycles. The lowest BCUT2D eigenvalue weighted by Gasteiger charge is -2.27. The highest BCUT2D eigenvalue weighted by molar-refractivity contribution is 6.03. The molecule has 2 atom stereocenters. The fraction of sp³-hybridized carbons (Fsp3) is 0.538. The van der Waals surface area contributed by atoms with E-state index in [1.54, 1.807) is 0 Å². The Kier molecular flexibility index (Phi) is 3.22. The van der Waals surface area contributed by atoms with E-state index >= 15 is 0 Å². The molecule has 1 saturated carbocycles. The van der Waals surface area contributed by atoms with E-state index in [0.29, 0.717) is 0 Å². The molecule has 3 rings (SSSR count). The highest BCUT2D eigenvalue weighted by atomic mass is 19.3. The van der Waals surface area contributed by atoms with E-state index in [2.05, 4.69) is 10.4 Å². The number of hydrogen-bond acceptors (Lipinski definition) is 4. The Morgan fingerprint density at radius 3 is 2.77 bits per heavy atom. The smallest absolute Gasteiger partial charge is 0.272 e. The van der Waals surface area contributed by atoms with Crippen LogP contribution >= 0.6 is 0 Å². The number of nitrogens with one attached hydrogen (secondary N) is 1. The second-order valence-corrected chi connectivity index (χ2v) is 5.52. The van der Waals surface area contributed by atoms with Crippen molar-refractivity contribution in [2.24, 2.45) is 0 Å². The molecule has 0 aromatic carbocycles. The van der Waals surface area contributed by atoms with Crippen molar-refractivity contribution in [1.82, 2.24) is 20.0 Å². The van der Waals surface area contributed by atoms with Crippen molar-refractivity contribution in [3.05, 3.63) is 18.0 Å². The Bertz CT molecular complexity index is 657. The zero-order chi connectivity index (χ0) is 16.1. The molecule has 1 N–H and O–H groups in total. The highest BCUT2D eigenvalue weighted by Crippen LogP contribution is 2.52. The van der Waals surface area contributed by atoms with Crippen LogP contribution in [0.3, 0.4) is 0 Å². The zero-order valence-corrected chi connectivity index (χ0v) is 11.8. The van der Waals surface area contributed by atoms with Crippen LogP contribution < -0.4 is 5.32 Å². The monoisotopic (exact) mass is 312 g/mol.